The first-order chi connectivity index (χ1) is 9.92. The Morgan fingerprint density at radius 3 is 1.70 bits per heavy atom. The van der Waals surface area contributed by atoms with Crippen LogP contribution in [0.5, 0.6) is 11.5 Å². The van der Waals surface area contributed by atoms with Crippen LogP contribution < -0.4 is 9.47 Å². The number of para-hydroxylation sites is 2. The van der Waals surface area contributed by atoms with Gasteiger partial charge in [0, 0.05) is 0 Å². The van der Waals surface area contributed by atoms with E-state index < -0.39 is 0 Å². The van der Waals surface area contributed by atoms with Gasteiger partial charge in [0.15, 0.2) is 23.1 Å². The highest BCUT2D eigenvalue weighted by Gasteiger charge is 2.06. The third-order valence-corrected chi connectivity index (χ3v) is 2.51. The number of benzene rings is 1. The van der Waals surface area contributed by atoms with Crippen molar-refractivity contribution in [1.29, 1.82) is 0 Å². The van der Waals surface area contributed by atoms with Crippen molar-refractivity contribution in [3.63, 3.8) is 0 Å². The lowest BCUT2D eigenvalue weighted by molar-refractivity contribution is 0.247. The minimum Gasteiger partial charge on any atom is -0.482 e. The molecular formula is C12H12N6O2. The van der Waals surface area contributed by atoms with Gasteiger partial charge in [-0.2, -0.15) is 10.2 Å². The molecule has 0 unspecified atom stereocenters. The van der Waals surface area contributed by atoms with E-state index in [9.17, 15) is 0 Å². The molecule has 3 aromatic rings. The van der Waals surface area contributed by atoms with Crippen molar-refractivity contribution in [3.8, 4) is 11.5 Å². The first-order valence-corrected chi connectivity index (χ1v) is 5.95. The lowest BCUT2D eigenvalue weighted by Gasteiger charge is -2.10. The summed E-state index contributed by atoms with van der Waals surface area (Å²) in [5.41, 5.74) is 0. The summed E-state index contributed by atoms with van der Waals surface area (Å²) in [6, 6.07) is 7.40. The van der Waals surface area contributed by atoms with E-state index in [0.29, 0.717) is 36.4 Å². The van der Waals surface area contributed by atoms with Crippen LogP contribution in [0.1, 0.15) is 11.6 Å². The Kier molecular flexibility index (Phi) is 3.54. The van der Waals surface area contributed by atoms with Crippen molar-refractivity contribution < 1.29 is 9.47 Å². The second-order valence-electron chi connectivity index (χ2n) is 3.89. The second-order valence-corrected chi connectivity index (χ2v) is 3.89. The summed E-state index contributed by atoms with van der Waals surface area (Å²) in [6.07, 6.45) is 2.87. The van der Waals surface area contributed by atoms with E-state index in [2.05, 4.69) is 30.4 Å². The molecule has 8 heteroatoms. The molecule has 0 aliphatic rings. The lowest BCUT2D eigenvalue weighted by atomic mass is 10.3. The van der Waals surface area contributed by atoms with Crippen LogP contribution in [0.2, 0.25) is 0 Å². The van der Waals surface area contributed by atoms with Crippen molar-refractivity contribution in [1.82, 2.24) is 30.4 Å². The lowest BCUT2D eigenvalue weighted by Crippen LogP contribution is -2.02. The molecule has 0 aliphatic heterocycles. The van der Waals surface area contributed by atoms with Crippen LogP contribution in [0.25, 0.3) is 0 Å². The summed E-state index contributed by atoms with van der Waals surface area (Å²) >= 11 is 0. The third-order valence-electron chi connectivity index (χ3n) is 2.51. The Morgan fingerprint density at radius 1 is 0.800 bits per heavy atom. The molecule has 0 spiro atoms. The van der Waals surface area contributed by atoms with Gasteiger partial charge in [0.2, 0.25) is 0 Å². The van der Waals surface area contributed by atoms with Gasteiger partial charge in [0.1, 0.15) is 25.9 Å². The smallest absolute Gasteiger partial charge is 0.162 e. The van der Waals surface area contributed by atoms with Crippen LogP contribution in [0.4, 0.5) is 0 Å². The molecule has 1 aromatic carbocycles. The predicted molar refractivity (Wildman–Crippen MR) is 67.9 cm³/mol. The molecule has 2 aromatic heterocycles. The molecule has 8 nitrogen and oxygen atoms in total. The van der Waals surface area contributed by atoms with Crippen molar-refractivity contribution >= 4 is 0 Å². The maximum Gasteiger partial charge on any atom is 0.162 e. The van der Waals surface area contributed by atoms with E-state index in [0.717, 1.165) is 0 Å². The molecule has 0 radical (unpaired) electrons. The average molecular weight is 272 g/mol. The number of nitrogens with zero attached hydrogens (tertiary/aromatic N) is 4. The normalized spacial score (nSPS) is 10.4. The van der Waals surface area contributed by atoms with Gasteiger partial charge in [-0.25, -0.2) is 9.97 Å². The molecule has 0 saturated heterocycles. The Hall–Kier alpha value is -2.90. The second kappa shape index (κ2) is 5.83. The fourth-order valence-electron chi connectivity index (χ4n) is 1.58. The molecule has 20 heavy (non-hydrogen) atoms. The van der Waals surface area contributed by atoms with Crippen LogP contribution >= 0.6 is 0 Å². The van der Waals surface area contributed by atoms with Crippen molar-refractivity contribution in [2.45, 2.75) is 13.2 Å². The number of rotatable bonds is 6. The number of aromatic amines is 2. The maximum atomic E-state index is 5.65. The van der Waals surface area contributed by atoms with Crippen molar-refractivity contribution in [3.05, 3.63) is 48.6 Å². The number of aromatic nitrogens is 6. The minimum atomic E-state index is 0.294. The van der Waals surface area contributed by atoms with Gasteiger partial charge in [-0.3, -0.25) is 10.2 Å². The Morgan fingerprint density at radius 2 is 1.30 bits per heavy atom. The number of H-pyrrole nitrogens is 2. The highest BCUT2D eigenvalue weighted by atomic mass is 16.5. The van der Waals surface area contributed by atoms with Gasteiger partial charge in [0.05, 0.1) is 0 Å². The van der Waals surface area contributed by atoms with Crippen molar-refractivity contribution in [2.24, 2.45) is 0 Å². The van der Waals surface area contributed by atoms with Crippen LogP contribution in [0.15, 0.2) is 36.9 Å². The summed E-state index contributed by atoms with van der Waals surface area (Å²) in [6.45, 7) is 0.589. The molecule has 0 aliphatic carbocycles. The molecular weight excluding hydrogens is 260 g/mol. The van der Waals surface area contributed by atoms with Gasteiger partial charge < -0.3 is 9.47 Å². The third kappa shape index (κ3) is 2.91. The van der Waals surface area contributed by atoms with Gasteiger partial charge in [-0.1, -0.05) is 12.1 Å². The molecule has 102 valence electrons. The zero-order valence-electron chi connectivity index (χ0n) is 10.5. The molecule has 0 atom stereocenters. The van der Waals surface area contributed by atoms with Crippen molar-refractivity contribution in [2.75, 3.05) is 0 Å². The first kappa shape index (κ1) is 12.2. The van der Waals surface area contributed by atoms with E-state index in [1.807, 2.05) is 24.3 Å². The molecule has 2 N–H and O–H groups in total. The quantitative estimate of drug-likeness (QED) is 0.696. The Labute approximate surface area is 114 Å². The summed E-state index contributed by atoms with van der Waals surface area (Å²) < 4.78 is 11.3. The number of ether oxygens (including phenoxy) is 2. The van der Waals surface area contributed by atoms with E-state index >= 15 is 0 Å². The zero-order valence-corrected chi connectivity index (χ0v) is 10.5. The maximum absolute atomic E-state index is 5.65. The van der Waals surface area contributed by atoms with Crippen LogP contribution in [0.3, 0.4) is 0 Å². The monoisotopic (exact) mass is 272 g/mol. The number of hydrogen-bond donors (Lipinski definition) is 2. The van der Waals surface area contributed by atoms with E-state index in [1.165, 1.54) is 12.7 Å². The molecule has 0 bridgehead atoms. The minimum absolute atomic E-state index is 0.294. The van der Waals surface area contributed by atoms with Crippen LogP contribution in [-0.2, 0) is 13.2 Å². The summed E-state index contributed by atoms with van der Waals surface area (Å²) in [5.74, 6) is 2.55. The molecule has 0 amide bonds. The number of hydrogen-bond acceptors (Lipinski definition) is 6. The van der Waals surface area contributed by atoms with E-state index in [4.69, 9.17) is 9.47 Å². The highest BCUT2D eigenvalue weighted by molar-refractivity contribution is 5.39. The largest absolute Gasteiger partial charge is 0.482 e. The molecule has 0 saturated carbocycles. The molecule has 0 fully saturated rings. The van der Waals surface area contributed by atoms with Gasteiger partial charge in [-0.05, 0) is 12.1 Å². The predicted octanol–water partition coefficient (Wildman–Crippen LogP) is 1.08. The van der Waals surface area contributed by atoms with Crippen LogP contribution in [-0.4, -0.2) is 30.4 Å². The Bertz CT molecular complexity index is 581. The fourth-order valence-corrected chi connectivity index (χ4v) is 1.58. The van der Waals surface area contributed by atoms with Gasteiger partial charge >= 0.3 is 0 Å². The van der Waals surface area contributed by atoms with E-state index in [1.54, 1.807) is 0 Å². The number of nitrogens with one attached hydrogen (secondary N) is 2. The Balaban J connectivity index is 1.64. The molecule has 2 heterocycles. The zero-order chi connectivity index (χ0) is 13.6. The first-order valence-electron chi connectivity index (χ1n) is 5.95. The SMILES string of the molecule is c1ccc(OCc2ncn[nH]2)c(OCc2ncn[nH]2)c1. The van der Waals surface area contributed by atoms with E-state index in [-0.39, 0.29) is 0 Å². The topological polar surface area (TPSA) is 102 Å². The standard InChI is InChI=1S/C12H12N6O2/c1-2-4-10(20-6-12-14-8-16-18-12)9(3-1)19-5-11-13-7-15-17-11/h1-4,7-8H,5-6H2,(H,13,15,17)(H,14,16,18). The summed E-state index contributed by atoms with van der Waals surface area (Å²) in [5, 5.41) is 13.0. The summed E-state index contributed by atoms with van der Waals surface area (Å²) in [7, 11) is 0. The average Bonchev–Trinajstić information content (AvgIpc) is 3.17. The molecule has 3 rings (SSSR count). The van der Waals surface area contributed by atoms with Gasteiger partial charge in [-0.15, -0.1) is 0 Å². The van der Waals surface area contributed by atoms with Gasteiger partial charge in [0.25, 0.3) is 0 Å². The van der Waals surface area contributed by atoms with Crippen LogP contribution in [0, 0.1) is 0 Å². The fraction of sp³-hybridized carbons (Fsp3) is 0.167. The highest BCUT2D eigenvalue weighted by Crippen LogP contribution is 2.27. The summed E-state index contributed by atoms with van der Waals surface area (Å²) in [4.78, 5) is 7.98.